The van der Waals surface area contributed by atoms with Gasteiger partial charge in [0.2, 0.25) is 0 Å². The fraction of sp³-hybridized carbons (Fsp3) is 0.333. The summed E-state index contributed by atoms with van der Waals surface area (Å²) >= 11 is 0. The van der Waals surface area contributed by atoms with Crippen molar-refractivity contribution >= 4 is 0 Å². The van der Waals surface area contributed by atoms with Crippen molar-refractivity contribution < 1.29 is 14.6 Å². The average Bonchev–Trinajstić information content (AvgIpc) is 2.46. The van der Waals surface area contributed by atoms with E-state index in [0.717, 1.165) is 28.2 Å². The number of aliphatic hydroxyl groups is 1. The molecule has 0 fully saturated rings. The molecule has 2 aromatic carbocycles. The lowest BCUT2D eigenvalue weighted by molar-refractivity contribution is 0.199. The maximum absolute atomic E-state index is 9.59. The van der Waals surface area contributed by atoms with Gasteiger partial charge in [0, 0.05) is 5.56 Å². The molecule has 0 heterocycles. The van der Waals surface area contributed by atoms with Crippen LogP contribution in [0.5, 0.6) is 11.5 Å². The molecule has 112 valence electrons. The fourth-order valence-electron chi connectivity index (χ4n) is 2.27. The molecule has 0 aliphatic carbocycles. The Morgan fingerprint density at radius 1 is 1.05 bits per heavy atom. The molecule has 0 aliphatic heterocycles. The maximum atomic E-state index is 9.59. The molecular weight excluding hydrogens is 264 g/mol. The van der Waals surface area contributed by atoms with Crippen molar-refractivity contribution in [1.82, 2.24) is 0 Å². The van der Waals surface area contributed by atoms with Gasteiger partial charge in [0.1, 0.15) is 18.1 Å². The Morgan fingerprint density at radius 2 is 1.76 bits per heavy atom. The molecule has 0 saturated heterocycles. The Hall–Kier alpha value is -2.00. The third-order valence-electron chi connectivity index (χ3n) is 3.50. The van der Waals surface area contributed by atoms with Gasteiger partial charge in [0.25, 0.3) is 0 Å². The first kappa shape index (κ1) is 15.4. The highest BCUT2D eigenvalue weighted by molar-refractivity contribution is 5.39. The lowest BCUT2D eigenvalue weighted by Crippen LogP contribution is -2.01. The summed E-state index contributed by atoms with van der Waals surface area (Å²) < 4.78 is 11.2. The van der Waals surface area contributed by atoms with Crippen LogP contribution in [0.1, 0.15) is 35.3 Å². The summed E-state index contributed by atoms with van der Waals surface area (Å²) in [6.07, 6.45) is -0.463. The van der Waals surface area contributed by atoms with Crippen LogP contribution >= 0.6 is 0 Å². The largest absolute Gasteiger partial charge is 0.496 e. The van der Waals surface area contributed by atoms with E-state index in [4.69, 9.17) is 9.47 Å². The zero-order valence-corrected chi connectivity index (χ0v) is 13.0. The highest BCUT2D eigenvalue weighted by atomic mass is 16.5. The molecule has 0 aromatic heterocycles. The first-order valence-electron chi connectivity index (χ1n) is 7.06. The van der Waals surface area contributed by atoms with Crippen LogP contribution in [0.3, 0.4) is 0 Å². The summed E-state index contributed by atoms with van der Waals surface area (Å²) in [4.78, 5) is 0. The lowest BCUT2D eigenvalue weighted by atomic mass is 10.1. The van der Waals surface area contributed by atoms with Crippen LogP contribution in [-0.4, -0.2) is 12.2 Å². The van der Waals surface area contributed by atoms with E-state index in [2.05, 4.69) is 6.07 Å². The summed E-state index contributed by atoms with van der Waals surface area (Å²) in [7, 11) is 1.66. The number of benzene rings is 2. The van der Waals surface area contributed by atoms with Gasteiger partial charge in [0.05, 0.1) is 13.2 Å². The van der Waals surface area contributed by atoms with Crippen molar-refractivity contribution in [2.75, 3.05) is 7.11 Å². The number of hydrogen-bond acceptors (Lipinski definition) is 3. The van der Waals surface area contributed by atoms with Gasteiger partial charge < -0.3 is 14.6 Å². The molecule has 21 heavy (non-hydrogen) atoms. The SMILES string of the molecule is COc1ccc(C)cc1COc1ccc([C@H](C)O)cc1C. The zero-order chi connectivity index (χ0) is 15.4. The molecule has 0 saturated carbocycles. The molecule has 0 amide bonds. The predicted octanol–water partition coefficient (Wildman–Crippen LogP) is 3.94. The van der Waals surface area contributed by atoms with E-state index in [9.17, 15) is 5.11 Å². The minimum atomic E-state index is -0.463. The average molecular weight is 286 g/mol. The van der Waals surface area contributed by atoms with Crippen molar-refractivity contribution in [1.29, 1.82) is 0 Å². The summed E-state index contributed by atoms with van der Waals surface area (Å²) in [5.74, 6) is 1.65. The number of ether oxygens (including phenoxy) is 2. The number of methoxy groups -OCH3 is 1. The quantitative estimate of drug-likeness (QED) is 0.904. The second-order valence-corrected chi connectivity index (χ2v) is 5.30. The maximum Gasteiger partial charge on any atom is 0.125 e. The van der Waals surface area contributed by atoms with Crippen LogP contribution in [0.15, 0.2) is 36.4 Å². The summed E-state index contributed by atoms with van der Waals surface area (Å²) in [5, 5.41) is 9.59. The fourth-order valence-corrected chi connectivity index (χ4v) is 2.27. The van der Waals surface area contributed by atoms with Crippen LogP contribution in [0.2, 0.25) is 0 Å². The van der Waals surface area contributed by atoms with E-state index < -0.39 is 6.10 Å². The van der Waals surface area contributed by atoms with Gasteiger partial charge >= 0.3 is 0 Å². The number of hydrogen-bond donors (Lipinski definition) is 1. The summed E-state index contributed by atoms with van der Waals surface area (Å²) in [5.41, 5.74) is 4.11. The van der Waals surface area contributed by atoms with Crippen molar-refractivity contribution in [2.24, 2.45) is 0 Å². The van der Waals surface area contributed by atoms with Gasteiger partial charge in [-0.3, -0.25) is 0 Å². The molecule has 0 bridgehead atoms. The standard InChI is InChI=1S/C18H22O3/c1-12-5-7-18(20-4)16(9-12)11-21-17-8-6-15(14(3)19)10-13(17)2/h5-10,14,19H,11H2,1-4H3/t14-/m0/s1. The lowest BCUT2D eigenvalue weighted by Gasteiger charge is -2.14. The molecule has 0 aliphatic rings. The molecular formula is C18H22O3. The van der Waals surface area contributed by atoms with Crippen LogP contribution < -0.4 is 9.47 Å². The Labute approximate surface area is 126 Å². The molecule has 1 atom stereocenters. The van der Waals surface area contributed by atoms with Crippen LogP contribution in [-0.2, 0) is 6.61 Å². The van der Waals surface area contributed by atoms with E-state index >= 15 is 0 Å². The third kappa shape index (κ3) is 3.76. The monoisotopic (exact) mass is 286 g/mol. The minimum absolute atomic E-state index is 0.458. The molecule has 3 heteroatoms. The zero-order valence-electron chi connectivity index (χ0n) is 13.0. The first-order valence-corrected chi connectivity index (χ1v) is 7.06. The van der Waals surface area contributed by atoms with E-state index in [-0.39, 0.29) is 0 Å². The van der Waals surface area contributed by atoms with Gasteiger partial charge in [-0.15, -0.1) is 0 Å². The first-order chi connectivity index (χ1) is 10.0. The third-order valence-corrected chi connectivity index (χ3v) is 3.50. The molecule has 1 N–H and O–H groups in total. The van der Waals surface area contributed by atoms with E-state index in [1.165, 1.54) is 5.56 Å². The van der Waals surface area contributed by atoms with Gasteiger partial charge in [-0.1, -0.05) is 17.7 Å². The minimum Gasteiger partial charge on any atom is -0.496 e. The highest BCUT2D eigenvalue weighted by Crippen LogP contribution is 2.26. The number of rotatable bonds is 5. The predicted molar refractivity (Wildman–Crippen MR) is 83.9 cm³/mol. The van der Waals surface area contributed by atoms with Crippen molar-refractivity contribution in [3.8, 4) is 11.5 Å². The van der Waals surface area contributed by atoms with Gasteiger partial charge in [0.15, 0.2) is 0 Å². The second kappa shape index (κ2) is 6.64. The molecule has 0 radical (unpaired) electrons. The Balaban J connectivity index is 2.15. The van der Waals surface area contributed by atoms with Crippen LogP contribution in [0, 0.1) is 13.8 Å². The summed E-state index contributed by atoms with van der Waals surface area (Å²) in [6.45, 7) is 6.24. The van der Waals surface area contributed by atoms with Crippen molar-refractivity contribution in [2.45, 2.75) is 33.5 Å². The Kier molecular flexibility index (Phi) is 4.86. The topological polar surface area (TPSA) is 38.7 Å². The second-order valence-electron chi connectivity index (χ2n) is 5.30. The molecule has 0 spiro atoms. The normalized spacial score (nSPS) is 12.0. The molecule has 0 unspecified atom stereocenters. The molecule has 2 aromatic rings. The number of aliphatic hydroxyl groups excluding tert-OH is 1. The van der Waals surface area contributed by atoms with Crippen LogP contribution in [0.25, 0.3) is 0 Å². The van der Waals surface area contributed by atoms with Crippen molar-refractivity contribution in [3.05, 3.63) is 58.7 Å². The smallest absolute Gasteiger partial charge is 0.125 e. The Morgan fingerprint density at radius 3 is 2.38 bits per heavy atom. The number of aryl methyl sites for hydroxylation is 2. The van der Waals surface area contributed by atoms with Gasteiger partial charge in [-0.25, -0.2) is 0 Å². The van der Waals surface area contributed by atoms with Crippen LogP contribution in [0.4, 0.5) is 0 Å². The molecule has 3 nitrogen and oxygen atoms in total. The van der Waals surface area contributed by atoms with Gasteiger partial charge in [-0.05, 0) is 56.2 Å². The van der Waals surface area contributed by atoms with E-state index in [1.54, 1.807) is 14.0 Å². The van der Waals surface area contributed by atoms with Gasteiger partial charge in [-0.2, -0.15) is 0 Å². The highest BCUT2D eigenvalue weighted by Gasteiger charge is 2.08. The Bertz CT molecular complexity index is 618. The van der Waals surface area contributed by atoms with E-state index in [1.807, 2.05) is 44.2 Å². The van der Waals surface area contributed by atoms with Crippen molar-refractivity contribution in [3.63, 3.8) is 0 Å². The van der Waals surface area contributed by atoms with E-state index in [0.29, 0.717) is 6.61 Å². The summed E-state index contributed by atoms with van der Waals surface area (Å²) in [6, 6.07) is 11.8. The molecule has 2 rings (SSSR count).